The average molecular weight is 224 g/mol. The Morgan fingerprint density at radius 1 is 1.60 bits per heavy atom. The molecule has 0 aliphatic heterocycles. The molecular weight excluding hydrogens is 208 g/mol. The second-order valence-corrected chi connectivity index (χ2v) is 4.97. The fraction of sp³-hybridized carbons (Fsp3) is 0.545. The van der Waals surface area contributed by atoms with Crippen molar-refractivity contribution in [1.29, 1.82) is 0 Å². The van der Waals surface area contributed by atoms with E-state index in [9.17, 15) is 4.79 Å². The van der Waals surface area contributed by atoms with Crippen LogP contribution >= 0.6 is 11.3 Å². The van der Waals surface area contributed by atoms with Crippen molar-refractivity contribution in [1.82, 2.24) is 0 Å². The summed E-state index contributed by atoms with van der Waals surface area (Å²) in [5.41, 5.74) is 7.93. The zero-order valence-corrected chi connectivity index (χ0v) is 9.91. The van der Waals surface area contributed by atoms with Crippen LogP contribution in [0.25, 0.3) is 0 Å². The predicted molar refractivity (Wildman–Crippen MR) is 64.9 cm³/mol. The van der Waals surface area contributed by atoms with Gasteiger partial charge in [-0.1, -0.05) is 0 Å². The molecule has 1 fully saturated rings. The number of carbonyl (C=O) groups excluding carboxylic acids is 1. The molecule has 4 heteroatoms. The molecule has 1 aliphatic carbocycles. The monoisotopic (exact) mass is 224 g/mol. The largest absolute Gasteiger partial charge is 0.397 e. The van der Waals surface area contributed by atoms with Gasteiger partial charge in [-0.25, -0.2) is 0 Å². The number of thiophene rings is 1. The first-order valence-electron chi connectivity index (χ1n) is 5.32. The summed E-state index contributed by atoms with van der Waals surface area (Å²) in [5, 5.41) is 4.40. The molecular formula is C11H16N2OS. The summed E-state index contributed by atoms with van der Waals surface area (Å²) in [4.78, 5) is 12.1. The maximum Gasteiger partial charge on any atom is 0.171 e. The van der Waals surface area contributed by atoms with E-state index in [0.29, 0.717) is 16.5 Å². The molecule has 0 saturated heterocycles. The van der Waals surface area contributed by atoms with Gasteiger partial charge in [0, 0.05) is 19.0 Å². The molecule has 1 heterocycles. The van der Waals surface area contributed by atoms with Crippen LogP contribution in [0.3, 0.4) is 0 Å². The van der Waals surface area contributed by atoms with Gasteiger partial charge < -0.3 is 11.1 Å². The van der Waals surface area contributed by atoms with E-state index in [-0.39, 0.29) is 5.78 Å². The Morgan fingerprint density at radius 2 is 2.27 bits per heavy atom. The maximum atomic E-state index is 11.4. The van der Waals surface area contributed by atoms with Crippen LogP contribution < -0.4 is 11.1 Å². The number of rotatable bonds is 4. The van der Waals surface area contributed by atoms with Gasteiger partial charge in [-0.3, -0.25) is 4.79 Å². The fourth-order valence-electron chi connectivity index (χ4n) is 1.79. The van der Waals surface area contributed by atoms with Crippen molar-refractivity contribution in [3.63, 3.8) is 0 Å². The van der Waals surface area contributed by atoms with Crippen molar-refractivity contribution in [2.45, 2.75) is 32.6 Å². The van der Waals surface area contributed by atoms with Crippen LogP contribution in [0.2, 0.25) is 0 Å². The number of hydrogen-bond donors (Lipinski definition) is 2. The summed E-state index contributed by atoms with van der Waals surface area (Å²) in [7, 11) is 0. The summed E-state index contributed by atoms with van der Waals surface area (Å²) in [6.45, 7) is 4.51. The lowest BCUT2D eigenvalue weighted by Gasteiger charge is -2.03. The summed E-state index contributed by atoms with van der Waals surface area (Å²) < 4.78 is 0. The molecule has 0 atom stereocenters. The number of hydrogen-bond acceptors (Lipinski definition) is 4. The highest BCUT2D eigenvalue weighted by atomic mass is 32.1. The Morgan fingerprint density at radius 3 is 2.73 bits per heavy atom. The number of ketones is 1. The summed E-state index contributed by atoms with van der Waals surface area (Å²) >= 11 is 1.50. The normalized spacial score (nSPS) is 15.3. The van der Waals surface area contributed by atoms with Crippen LogP contribution in [0, 0.1) is 0 Å². The first kappa shape index (κ1) is 10.5. The molecule has 1 saturated carbocycles. The van der Waals surface area contributed by atoms with Gasteiger partial charge in [0.1, 0.15) is 0 Å². The van der Waals surface area contributed by atoms with Gasteiger partial charge in [-0.05, 0) is 25.7 Å². The maximum absolute atomic E-state index is 11.4. The van der Waals surface area contributed by atoms with Crippen LogP contribution in [0.15, 0.2) is 0 Å². The van der Waals surface area contributed by atoms with Crippen molar-refractivity contribution < 1.29 is 4.79 Å². The van der Waals surface area contributed by atoms with Crippen molar-refractivity contribution >= 4 is 27.8 Å². The Labute approximate surface area is 93.7 Å². The van der Waals surface area contributed by atoms with Gasteiger partial charge >= 0.3 is 0 Å². The molecule has 0 spiro atoms. The lowest BCUT2D eigenvalue weighted by atomic mass is 10.1. The Bertz CT molecular complexity index is 394. The molecule has 0 bridgehead atoms. The van der Waals surface area contributed by atoms with Gasteiger partial charge in [-0.2, -0.15) is 0 Å². The quantitative estimate of drug-likeness (QED) is 0.773. The number of nitrogen functional groups attached to an aromatic ring is 1. The van der Waals surface area contributed by atoms with Crippen LogP contribution in [0.5, 0.6) is 0 Å². The summed E-state index contributed by atoms with van der Waals surface area (Å²) in [5.74, 6) is 0.659. The van der Waals surface area contributed by atoms with Gasteiger partial charge in [0.25, 0.3) is 0 Å². The van der Waals surface area contributed by atoms with Crippen molar-refractivity contribution in [3.05, 3.63) is 10.4 Å². The molecule has 0 amide bonds. The zero-order valence-electron chi connectivity index (χ0n) is 9.09. The molecule has 3 N–H and O–H groups in total. The molecule has 0 aromatic carbocycles. The lowest BCUT2D eigenvalue weighted by Crippen LogP contribution is -1.99. The van der Waals surface area contributed by atoms with Gasteiger partial charge in [0.15, 0.2) is 5.78 Å². The van der Waals surface area contributed by atoms with E-state index >= 15 is 0 Å². The van der Waals surface area contributed by atoms with Crippen LogP contribution in [-0.4, -0.2) is 12.3 Å². The highest BCUT2D eigenvalue weighted by Gasteiger charge is 2.31. The standard InChI is InChI=1S/C11H16N2OS/c1-3-13-11-8(7-4-5-7)9(12)10(15-11)6(2)14/h7,13H,3-5,12H2,1-2H3. The molecule has 0 unspecified atom stereocenters. The van der Waals surface area contributed by atoms with Crippen molar-refractivity contribution in [3.8, 4) is 0 Å². The third-order valence-electron chi connectivity index (χ3n) is 2.63. The van der Waals surface area contributed by atoms with Gasteiger partial charge in [0.05, 0.1) is 15.6 Å². The third-order valence-corrected chi connectivity index (χ3v) is 3.91. The van der Waals surface area contributed by atoms with Gasteiger partial charge in [0.2, 0.25) is 0 Å². The fourth-order valence-corrected chi connectivity index (χ4v) is 2.96. The van der Waals surface area contributed by atoms with Crippen LogP contribution in [0.1, 0.15) is 47.8 Å². The first-order chi connectivity index (χ1) is 7.15. The van der Waals surface area contributed by atoms with E-state index < -0.39 is 0 Å². The molecule has 3 nitrogen and oxygen atoms in total. The highest BCUT2D eigenvalue weighted by molar-refractivity contribution is 7.18. The second kappa shape index (κ2) is 3.85. The van der Waals surface area contributed by atoms with E-state index in [1.54, 1.807) is 6.92 Å². The molecule has 1 aromatic rings. The Hall–Kier alpha value is -1.03. The van der Waals surface area contributed by atoms with Gasteiger partial charge in [-0.15, -0.1) is 11.3 Å². The minimum absolute atomic E-state index is 0.0727. The van der Waals surface area contributed by atoms with Crippen LogP contribution in [0.4, 0.5) is 10.7 Å². The smallest absolute Gasteiger partial charge is 0.171 e. The van der Waals surface area contributed by atoms with Crippen molar-refractivity contribution in [2.75, 3.05) is 17.6 Å². The minimum Gasteiger partial charge on any atom is -0.397 e. The van der Waals surface area contributed by atoms with E-state index in [4.69, 9.17) is 5.73 Å². The molecule has 0 radical (unpaired) electrons. The number of nitrogens with two attached hydrogens (primary N) is 1. The molecule has 15 heavy (non-hydrogen) atoms. The van der Waals surface area contributed by atoms with E-state index in [2.05, 4.69) is 12.2 Å². The van der Waals surface area contributed by atoms with E-state index in [0.717, 1.165) is 11.5 Å². The number of anilines is 2. The second-order valence-electron chi connectivity index (χ2n) is 3.95. The molecule has 2 rings (SSSR count). The zero-order chi connectivity index (χ0) is 11.0. The Kier molecular flexibility index (Phi) is 2.69. The number of carbonyl (C=O) groups is 1. The lowest BCUT2D eigenvalue weighted by molar-refractivity contribution is 0.102. The first-order valence-corrected chi connectivity index (χ1v) is 6.13. The number of nitrogens with one attached hydrogen (secondary N) is 1. The Balaban J connectivity index is 2.43. The third kappa shape index (κ3) is 1.86. The molecule has 82 valence electrons. The molecule has 1 aromatic heterocycles. The van der Waals surface area contributed by atoms with Crippen molar-refractivity contribution in [2.24, 2.45) is 0 Å². The van der Waals surface area contributed by atoms with E-state index in [1.807, 2.05) is 0 Å². The van der Waals surface area contributed by atoms with E-state index in [1.165, 1.54) is 29.7 Å². The highest BCUT2D eigenvalue weighted by Crippen LogP contribution is 2.50. The molecule has 1 aliphatic rings. The summed E-state index contributed by atoms with van der Waals surface area (Å²) in [6.07, 6.45) is 2.41. The SMILES string of the molecule is CCNc1sc(C(C)=O)c(N)c1C1CC1. The summed E-state index contributed by atoms with van der Waals surface area (Å²) in [6, 6.07) is 0. The average Bonchev–Trinajstić information content (AvgIpc) is 2.93. The number of Topliss-reactive ketones (excluding diaryl/α,β-unsaturated/α-hetero) is 1. The minimum atomic E-state index is 0.0727. The topological polar surface area (TPSA) is 55.1 Å². The van der Waals surface area contributed by atoms with Crippen LogP contribution in [-0.2, 0) is 0 Å². The predicted octanol–water partition coefficient (Wildman–Crippen LogP) is 2.84.